The molecule has 0 spiro atoms. The maximum atomic E-state index is 5.84. The molecule has 0 bridgehead atoms. The van der Waals surface area contributed by atoms with Gasteiger partial charge in [0.15, 0.2) is 0 Å². The fourth-order valence-electron chi connectivity index (χ4n) is 2.78. The summed E-state index contributed by atoms with van der Waals surface area (Å²) in [4.78, 5) is 15.4. The van der Waals surface area contributed by atoms with Gasteiger partial charge in [-0.1, -0.05) is 0 Å². The Morgan fingerprint density at radius 3 is 2.64 bits per heavy atom. The van der Waals surface area contributed by atoms with Gasteiger partial charge in [0.1, 0.15) is 11.6 Å². The predicted molar refractivity (Wildman–Crippen MR) is 86.2 cm³/mol. The number of aromatic nitrogens is 3. The van der Waals surface area contributed by atoms with E-state index in [0.717, 1.165) is 55.5 Å². The lowest BCUT2D eigenvalue weighted by Gasteiger charge is -2.33. The molecule has 1 aliphatic heterocycles. The molecule has 0 aliphatic carbocycles. The minimum absolute atomic E-state index is 0.600. The van der Waals surface area contributed by atoms with Crippen molar-refractivity contribution in [3.8, 4) is 5.75 Å². The fraction of sp³-hybridized carbons (Fsp3) is 0.471. The summed E-state index contributed by atoms with van der Waals surface area (Å²) in [5.41, 5.74) is 1.99. The zero-order chi connectivity index (χ0) is 15.4. The number of hydrogen-bond acceptors (Lipinski definition) is 5. The topological polar surface area (TPSA) is 51.1 Å². The molecule has 0 radical (unpaired) electrons. The Labute approximate surface area is 131 Å². The van der Waals surface area contributed by atoms with Crippen LogP contribution in [0.15, 0.2) is 30.7 Å². The first-order valence-electron chi connectivity index (χ1n) is 7.80. The van der Waals surface area contributed by atoms with Crippen molar-refractivity contribution in [3.63, 3.8) is 0 Å². The van der Waals surface area contributed by atoms with Gasteiger partial charge in [-0.2, -0.15) is 0 Å². The van der Waals surface area contributed by atoms with E-state index in [4.69, 9.17) is 4.74 Å². The van der Waals surface area contributed by atoms with Crippen molar-refractivity contribution in [1.29, 1.82) is 0 Å². The minimum atomic E-state index is 0.600. The van der Waals surface area contributed by atoms with Crippen molar-refractivity contribution in [2.45, 2.75) is 26.7 Å². The Balaban J connectivity index is 1.53. The van der Waals surface area contributed by atoms with Crippen molar-refractivity contribution >= 4 is 5.82 Å². The van der Waals surface area contributed by atoms with Gasteiger partial charge in [-0.3, -0.25) is 9.97 Å². The molecule has 3 rings (SSSR count). The summed E-state index contributed by atoms with van der Waals surface area (Å²) in [6.07, 6.45) is 7.60. The SMILES string of the molecule is Cc1cnc(C)c(N2CCC(COc3ccncc3)CC2)n1. The summed E-state index contributed by atoms with van der Waals surface area (Å²) in [6.45, 7) is 6.83. The summed E-state index contributed by atoms with van der Waals surface area (Å²) >= 11 is 0. The molecule has 0 aromatic carbocycles. The molecule has 2 aromatic heterocycles. The molecule has 116 valence electrons. The van der Waals surface area contributed by atoms with Crippen LogP contribution in [0.5, 0.6) is 5.75 Å². The van der Waals surface area contributed by atoms with Crippen molar-refractivity contribution < 1.29 is 4.74 Å². The summed E-state index contributed by atoms with van der Waals surface area (Å²) in [5, 5.41) is 0. The lowest BCUT2D eigenvalue weighted by atomic mass is 9.97. The zero-order valence-electron chi connectivity index (χ0n) is 13.2. The molecule has 0 unspecified atom stereocenters. The lowest BCUT2D eigenvalue weighted by Crippen LogP contribution is -2.36. The number of pyridine rings is 1. The Morgan fingerprint density at radius 2 is 1.91 bits per heavy atom. The van der Waals surface area contributed by atoms with Crippen LogP contribution >= 0.6 is 0 Å². The highest BCUT2D eigenvalue weighted by molar-refractivity contribution is 5.43. The van der Waals surface area contributed by atoms with E-state index in [-0.39, 0.29) is 0 Å². The summed E-state index contributed by atoms with van der Waals surface area (Å²) in [5.74, 6) is 2.54. The largest absolute Gasteiger partial charge is 0.493 e. The normalized spacial score (nSPS) is 15.8. The van der Waals surface area contributed by atoms with Gasteiger partial charge in [0, 0.05) is 31.7 Å². The van der Waals surface area contributed by atoms with Gasteiger partial charge in [0.25, 0.3) is 0 Å². The highest BCUT2D eigenvalue weighted by Gasteiger charge is 2.22. The van der Waals surface area contributed by atoms with Gasteiger partial charge in [-0.15, -0.1) is 0 Å². The number of rotatable bonds is 4. The molecule has 1 fully saturated rings. The Hall–Kier alpha value is -2.17. The monoisotopic (exact) mass is 298 g/mol. The van der Waals surface area contributed by atoms with Crippen LogP contribution in [0.3, 0.4) is 0 Å². The molecule has 0 saturated carbocycles. The third kappa shape index (κ3) is 3.53. The van der Waals surface area contributed by atoms with Crippen LogP contribution in [0.2, 0.25) is 0 Å². The molecule has 5 nitrogen and oxygen atoms in total. The molecule has 2 aromatic rings. The van der Waals surface area contributed by atoms with E-state index in [0.29, 0.717) is 5.92 Å². The Bertz CT molecular complexity index is 609. The van der Waals surface area contributed by atoms with E-state index in [1.54, 1.807) is 12.4 Å². The zero-order valence-corrected chi connectivity index (χ0v) is 13.2. The van der Waals surface area contributed by atoms with E-state index in [1.165, 1.54) is 0 Å². The van der Waals surface area contributed by atoms with E-state index >= 15 is 0 Å². The summed E-state index contributed by atoms with van der Waals surface area (Å²) < 4.78 is 5.84. The molecular formula is C17H22N4O. The Morgan fingerprint density at radius 1 is 1.18 bits per heavy atom. The maximum Gasteiger partial charge on any atom is 0.150 e. The minimum Gasteiger partial charge on any atom is -0.493 e. The highest BCUT2D eigenvalue weighted by atomic mass is 16.5. The standard InChI is InChI=1S/C17H22N4O/c1-13-11-19-14(2)17(20-13)21-9-5-15(6-10-21)12-22-16-3-7-18-8-4-16/h3-4,7-8,11,15H,5-6,9-10,12H2,1-2H3. The number of anilines is 1. The molecule has 0 amide bonds. The van der Waals surface area contributed by atoms with Crippen LogP contribution < -0.4 is 9.64 Å². The van der Waals surface area contributed by atoms with Gasteiger partial charge in [-0.25, -0.2) is 4.98 Å². The molecule has 0 atom stereocenters. The molecule has 1 saturated heterocycles. The number of hydrogen-bond donors (Lipinski definition) is 0. The van der Waals surface area contributed by atoms with Gasteiger partial charge in [0.2, 0.25) is 0 Å². The van der Waals surface area contributed by atoms with Gasteiger partial charge >= 0.3 is 0 Å². The second-order valence-electron chi connectivity index (χ2n) is 5.84. The summed E-state index contributed by atoms with van der Waals surface area (Å²) in [6, 6.07) is 3.81. The highest BCUT2D eigenvalue weighted by Crippen LogP contribution is 2.24. The van der Waals surface area contributed by atoms with E-state index < -0.39 is 0 Å². The average Bonchev–Trinajstić information content (AvgIpc) is 2.57. The van der Waals surface area contributed by atoms with E-state index in [9.17, 15) is 0 Å². The van der Waals surface area contributed by atoms with Crippen molar-refractivity contribution in [3.05, 3.63) is 42.1 Å². The average molecular weight is 298 g/mol. The fourth-order valence-corrected chi connectivity index (χ4v) is 2.78. The molecule has 0 N–H and O–H groups in total. The number of nitrogens with zero attached hydrogens (tertiary/aromatic N) is 4. The first kappa shape index (κ1) is 14.8. The maximum absolute atomic E-state index is 5.84. The molecular weight excluding hydrogens is 276 g/mol. The third-order valence-corrected chi connectivity index (χ3v) is 4.10. The van der Waals surface area contributed by atoms with Gasteiger partial charge in [-0.05, 0) is 44.7 Å². The van der Waals surface area contributed by atoms with Crippen LogP contribution in [0.25, 0.3) is 0 Å². The smallest absolute Gasteiger partial charge is 0.150 e. The number of piperidine rings is 1. The summed E-state index contributed by atoms with van der Waals surface area (Å²) in [7, 11) is 0. The molecule has 22 heavy (non-hydrogen) atoms. The second-order valence-corrected chi connectivity index (χ2v) is 5.84. The number of aryl methyl sites for hydroxylation is 2. The van der Waals surface area contributed by atoms with Crippen LogP contribution in [0.4, 0.5) is 5.82 Å². The quantitative estimate of drug-likeness (QED) is 0.868. The third-order valence-electron chi connectivity index (χ3n) is 4.10. The van der Waals surface area contributed by atoms with Crippen LogP contribution in [-0.4, -0.2) is 34.6 Å². The van der Waals surface area contributed by atoms with Crippen molar-refractivity contribution in [1.82, 2.24) is 15.0 Å². The van der Waals surface area contributed by atoms with Crippen molar-refractivity contribution in [2.75, 3.05) is 24.6 Å². The van der Waals surface area contributed by atoms with Gasteiger partial charge in [0.05, 0.1) is 18.0 Å². The molecule has 3 heterocycles. The van der Waals surface area contributed by atoms with Crippen LogP contribution in [0.1, 0.15) is 24.2 Å². The second kappa shape index (κ2) is 6.73. The van der Waals surface area contributed by atoms with Gasteiger partial charge < -0.3 is 9.64 Å². The van der Waals surface area contributed by atoms with Crippen LogP contribution in [0, 0.1) is 19.8 Å². The Kier molecular flexibility index (Phi) is 4.51. The van der Waals surface area contributed by atoms with Crippen LogP contribution in [-0.2, 0) is 0 Å². The molecule has 5 heteroatoms. The predicted octanol–water partition coefficient (Wildman–Crippen LogP) is 2.78. The van der Waals surface area contributed by atoms with E-state index in [2.05, 4.69) is 19.9 Å². The first-order chi connectivity index (χ1) is 10.7. The molecule has 1 aliphatic rings. The first-order valence-corrected chi connectivity index (χ1v) is 7.80. The number of ether oxygens (including phenoxy) is 1. The van der Waals surface area contributed by atoms with Crippen molar-refractivity contribution in [2.24, 2.45) is 5.92 Å². The lowest BCUT2D eigenvalue weighted by molar-refractivity contribution is 0.222. The van der Waals surface area contributed by atoms with E-state index in [1.807, 2.05) is 32.2 Å².